The SMILES string of the molecule is Cc1cc(C(=O)COC(=O)C[C@H]2Sc3ccccc3NC2=O)c(C)c(C)c1C. The molecule has 2 aromatic rings. The molecule has 1 aliphatic rings. The lowest BCUT2D eigenvalue weighted by Crippen LogP contribution is -2.31. The molecule has 0 aliphatic carbocycles. The van der Waals surface area contributed by atoms with Crippen LogP contribution in [-0.2, 0) is 14.3 Å². The largest absolute Gasteiger partial charge is 0.457 e. The fourth-order valence-electron chi connectivity index (χ4n) is 3.16. The molecule has 0 radical (unpaired) electrons. The second-order valence-electron chi connectivity index (χ2n) is 7.00. The second-order valence-corrected chi connectivity index (χ2v) is 8.24. The van der Waals surface area contributed by atoms with Crippen molar-refractivity contribution >= 4 is 35.1 Å². The Balaban J connectivity index is 1.61. The topological polar surface area (TPSA) is 72.5 Å². The van der Waals surface area contributed by atoms with Crippen LogP contribution >= 0.6 is 11.8 Å². The molecule has 0 unspecified atom stereocenters. The number of fused-ring (bicyclic) bond motifs is 1. The molecule has 0 spiro atoms. The smallest absolute Gasteiger partial charge is 0.307 e. The van der Waals surface area contributed by atoms with Crippen LogP contribution in [0.2, 0.25) is 0 Å². The van der Waals surface area contributed by atoms with Crippen molar-refractivity contribution < 1.29 is 19.1 Å². The Morgan fingerprint density at radius 1 is 1.07 bits per heavy atom. The first-order chi connectivity index (χ1) is 13.3. The van der Waals surface area contributed by atoms with Crippen LogP contribution in [0.5, 0.6) is 0 Å². The number of benzene rings is 2. The zero-order chi connectivity index (χ0) is 20.4. The van der Waals surface area contributed by atoms with Gasteiger partial charge >= 0.3 is 5.97 Å². The number of thioether (sulfide) groups is 1. The summed E-state index contributed by atoms with van der Waals surface area (Å²) >= 11 is 1.33. The van der Waals surface area contributed by atoms with Gasteiger partial charge < -0.3 is 10.1 Å². The van der Waals surface area contributed by atoms with Crippen LogP contribution in [0.15, 0.2) is 35.2 Å². The normalized spacial score (nSPS) is 15.6. The van der Waals surface area contributed by atoms with Crippen molar-refractivity contribution in [3.63, 3.8) is 0 Å². The summed E-state index contributed by atoms with van der Waals surface area (Å²) in [6.45, 7) is 7.55. The third-order valence-corrected chi connectivity index (χ3v) is 6.48. The first kappa shape index (κ1) is 20.1. The van der Waals surface area contributed by atoms with Gasteiger partial charge in [0.1, 0.15) is 0 Å². The van der Waals surface area contributed by atoms with Crippen molar-refractivity contribution in [3.8, 4) is 0 Å². The number of carbonyl (C=O) groups is 3. The van der Waals surface area contributed by atoms with E-state index < -0.39 is 11.2 Å². The molecule has 0 bridgehead atoms. The summed E-state index contributed by atoms with van der Waals surface area (Å²) in [6.07, 6.45) is -0.0803. The van der Waals surface area contributed by atoms with Crippen molar-refractivity contribution in [2.75, 3.05) is 11.9 Å². The van der Waals surface area contributed by atoms with Gasteiger partial charge in [-0.2, -0.15) is 0 Å². The molecule has 0 saturated carbocycles. The van der Waals surface area contributed by atoms with Gasteiger partial charge in [0.2, 0.25) is 11.7 Å². The number of anilines is 1. The molecular weight excluding hydrogens is 374 g/mol. The molecule has 6 heteroatoms. The summed E-state index contributed by atoms with van der Waals surface area (Å²) in [7, 11) is 0. The predicted molar refractivity (Wildman–Crippen MR) is 110 cm³/mol. The van der Waals surface area contributed by atoms with Crippen molar-refractivity contribution in [1.29, 1.82) is 0 Å². The summed E-state index contributed by atoms with van der Waals surface area (Å²) in [5, 5.41) is 2.23. The molecule has 0 aromatic heterocycles. The lowest BCUT2D eigenvalue weighted by Gasteiger charge is -2.23. The van der Waals surface area contributed by atoms with E-state index in [-0.39, 0.29) is 24.7 Å². The number of carbonyl (C=O) groups excluding carboxylic acids is 3. The van der Waals surface area contributed by atoms with E-state index in [0.717, 1.165) is 32.8 Å². The van der Waals surface area contributed by atoms with Gasteiger partial charge in [0, 0.05) is 10.5 Å². The second kappa shape index (κ2) is 8.19. The van der Waals surface area contributed by atoms with Gasteiger partial charge in [-0.15, -0.1) is 11.8 Å². The first-order valence-corrected chi connectivity index (χ1v) is 9.98. The van der Waals surface area contributed by atoms with E-state index in [2.05, 4.69) is 5.32 Å². The number of ether oxygens (including phenoxy) is 1. The van der Waals surface area contributed by atoms with Gasteiger partial charge in [-0.25, -0.2) is 0 Å². The summed E-state index contributed by atoms with van der Waals surface area (Å²) in [5.41, 5.74) is 5.50. The molecule has 1 atom stereocenters. The number of hydrogen-bond acceptors (Lipinski definition) is 5. The van der Waals surface area contributed by atoms with Gasteiger partial charge in [0.25, 0.3) is 0 Å². The Morgan fingerprint density at radius 2 is 1.79 bits per heavy atom. The van der Waals surface area contributed by atoms with Crippen LogP contribution < -0.4 is 5.32 Å². The number of para-hydroxylation sites is 1. The molecule has 0 saturated heterocycles. The highest BCUT2D eigenvalue weighted by atomic mass is 32.2. The molecule has 1 heterocycles. The lowest BCUT2D eigenvalue weighted by atomic mass is 9.93. The van der Waals surface area contributed by atoms with E-state index in [1.165, 1.54) is 11.8 Å². The average molecular weight is 397 g/mol. The van der Waals surface area contributed by atoms with E-state index in [1.54, 1.807) is 0 Å². The minimum absolute atomic E-state index is 0.0803. The summed E-state index contributed by atoms with van der Waals surface area (Å²) < 4.78 is 5.18. The summed E-state index contributed by atoms with van der Waals surface area (Å²) in [4.78, 5) is 37.9. The number of ketones is 1. The molecular formula is C22H23NO4S. The van der Waals surface area contributed by atoms with Crippen molar-refractivity contribution in [3.05, 3.63) is 58.1 Å². The Labute approximate surface area is 168 Å². The Morgan fingerprint density at radius 3 is 2.54 bits per heavy atom. The molecule has 28 heavy (non-hydrogen) atoms. The van der Waals surface area contributed by atoms with Gasteiger partial charge in [0.15, 0.2) is 6.61 Å². The number of esters is 1. The third kappa shape index (κ3) is 4.12. The first-order valence-electron chi connectivity index (χ1n) is 9.10. The van der Waals surface area contributed by atoms with E-state index >= 15 is 0 Å². The number of hydrogen-bond donors (Lipinski definition) is 1. The molecule has 1 amide bonds. The molecule has 3 rings (SSSR count). The van der Waals surface area contributed by atoms with E-state index in [4.69, 9.17) is 4.74 Å². The van der Waals surface area contributed by atoms with Crippen molar-refractivity contribution in [2.24, 2.45) is 0 Å². The zero-order valence-electron chi connectivity index (χ0n) is 16.4. The average Bonchev–Trinajstić information content (AvgIpc) is 2.67. The molecule has 0 fully saturated rings. The predicted octanol–water partition coefficient (Wildman–Crippen LogP) is 4.15. The van der Waals surface area contributed by atoms with Gasteiger partial charge in [-0.05, 0) is 68.1 Å². The fraction of sp³-hybridized carbons (Fsp3) is 0.318. The van der Waals surface area contributed by atoms with Crippen LogP contribution in [0.4, 0.5) is 5.69 Å². The monoisotopic (exact) mass is 397 g/mol. The number of rotatable bonds is 5. The standard InChI is InChI=1S/C22H23NO4S/c1-12-9-16(15(4)14(3)13(12)2)18(24)11-27-21(25)10-20-22(26)23-17-7-5-6-8-19(17)28-20/h5-9,20H,10-11H2,1-4H3,(H,23,26)/t20-/m1/s1. The van der Waals surface area contributed by atoms with Crippen molar-refractivity contribution in [1.82, 2.24) is 0 Å². The van der Waals surface area contributed by atoms with Crippen LogP contribution in [0.3, 0.4) is 0 Å². The maximum Gasteiger partial charge on any atom is 0.307 e. The van der Waals surface area contributed by atoms with Crippen molar-refractivity contribution in [2.45, 2.75) is 44.3 Å². The minimum atomic E-state index is -0.567. The highest BCUT2D eigenvalue weighted by Gasteiger charge is 2.29. The number of aryl methyl sites for hydroxylation is 1. The number of Topliss-reactive ketones (excluding diaryl/α,β-unsaturated/α-hetero) is 1. The number of nitrogens with one attached hydrogen (secondary N) is 1. The van der Waals surface area contributed by atoms with Gasteiger partial charge in [0.05, 0.1) is 17.4 Å². The lowest BCUT2D eigenvalue weighted by molar-refractivity contribution is -0.143. The maximum atomic E-state index is 12.5. The van der Waals surface area contributed by atoms with E-state index in [1.807, 2.05) is 58.0 Å². The van der Waals surface area contributed by atoms with Crippen LogP contribution in [0.1, 0.15) is 39.0 Å². The summed E-state index contributed by atoms with van der Waals surface area (Å²) in [6, 6.07) is 9.28. The minimum Gasteiger partial charge on any atom is -0.457 e. The molecule has 1 aliphatic heterocycles. The Kier molecular flexibility index (Phi) is 5.89. The maximum absolute atomic E-state index is 12.5. The third-order valence-electron chi connectivity index (χ3n) is 5.20. The van der Waals surface area contributed by atoms with Crippen LogP contribution in [0.25, 0.3) is 0 Å². The summed E-state index contributed by atoms with van der Waals surface area (Å²) in [5.74, 6) is -1.02. The highest BCUT2D eigenvalue weighted by Crippen LogP contribution is 2.36. The van der Waals surface area contributed by atoms with E-state index in [0.29, 0.717) is 5.56 Å². The fourth-order valence-corrected chi connectivity index (χ4v) is 4.26. The Hall–Kier alpha value is -2.60. The Bertz CT molecular complexity index is 967. The molecule has 146 valence electrons. The highest BCUT2D eigenvalue weighted by molar-refractivity contribution is 8.01. The quantitative estimate of drug-likeness (QED) is 0.606. The number of amides is 1. The van der Waals surface area contributed by atoms with Gasteiger partial charge in [-0.1, -0.05) is 12.1 Å². The molecule has 2 aromatic carbocycles. The zero-order valence-corrected chi connectivity index (χ0v) is 17.2. The van der Waals surface area contributed by atoms with Crippen LogP contribution in [-0.4, -0.2) is 29.5 Å². The van der Waals surface area contributed by atoms with Gasteiger partial charge in [-0.3, -0.25) is 14.4 Å². The molecule has 1 N–H and O–H groups in total. The van der Waals surface area contributed by atoms with Crippen LogP contribution in [0, 0.1) is 27.7 Å². The van der Waals surface area contributed by atoms with E-state index in [9.17, 15) is 14.4 Å². The molecule has 5 nitrogen and oxygen atoms in total.